The van der Waals surface area contributed by atoms with Gasteiger partial charge in [-0.3, -0.25) is 9.59 Å². The van der Waals surface area contributed by atoms with Gasteiger partial charge in [0.2, 0.25) is 5.56 Å². The van der Waals surface area contributed by atoms with E-state index in [4.69, 9.17) is 4.74 Å². The zero-order valence-corrected chi connectivity index (χ0v) is 10.9. The van der Waals surface area contributed by atoms with Crippen LogP contribution in [0.25, 0.3) is 10.9 Å². The Labute approximate surface area is 110 Å². The van der Waals surface area contributed by atoms with E-state index < -0.39 is 0 Å². The molecule has 0 aliphatic carbocycles. The summed E-state index contributed by atoms with van der Waals surface area (Å²) in [5, 5.41) is 0.728. The molecule has 4 nitrogen and oxygen atoms in total. The largest absolute Gasteiger partial charge is 0.426 e. The van der Waals surface area contributed by atoms with Gasteiger partial charge < -0.3 is 9.72 Å². The minimum atomic E-state index is -0.387. The predicted octanol–water partition coefficient (Wildman–Crippen LogP) is 2.49. The van der Waals surface area contributed by atoms with Gasteiger partial charge in [0.15, 0.2) is 0 Å². The normalized spacial score (nSPS) is 10.4. The van der Waals surface area contributed by atoms with Crippen LogP contribution >= 0.6 is 0 Å². The van der Waals surface area contributed by atoms with Crippen molar-refractivity contribution in [1.82, 2.24) is 4.98 Å². The summed E-state index contributed by atoms with van der Waals surface area (Å²) in [5.41, 5.74) is 2.32. The van der Waals surface area contributed by atoms with E-state index in [1.54, 1.807) is 12.1 Å². The standard InChI is InChI=1S/C15H15NO3/c1-4-5-11-8-9(2)14-12(6-7-13(18)16-14)15(11)19-10(3)17/h4,6-8H,1,5H2,2-3H3,(H,16,18). The van der Waals surface area contributed by atoms with E-state index in [2.05, 4.69) is 11.6 Å². The van der Waals surface area contributed by atoms with Gasteiger partial charge in [0.25, 0.3) is 0 Å². The van der Waals surface area contributed by atoms with Crippen molar-refractivity contribution in [1.29, 1.82) is 0 Å². The van der Waals surface area contributed by atoms with Crippen LogP contribution in [0.5, 0.6) is 5.75 Å². The molecule has 2 aromatic rings. The first-order valence-corrected chi connectivity index (χ1v) is 5.97. The third-order valence-electron chi connectivity index (χ3n) is 2.85. The molecule has 0 radical (unpaired) electrons. The van der Waals surface area contributed by atoms with Crippen LogP contribution in [0, 0.1) is 6.92 Å². The highest BCUT2D eigenvalue weighted by molar-refractivity contribution is 5.91. The van der Waals surface area contributed by atoms with Crippen molar-refractivity contribution in [3.63, 3.8) is 0 Å². The Morgan fingerprint density at radius 3 is 2.84 bits per heavy atom. The van der Waals surface area contributed by atoms with Gasteiger partial charge in [0, 0.05) is 18.4 Å². The maximum absolute atomic E-state index is 11.4. The van der Waals surface area contributed by atoms with Crippen LogP contribution < -0.4 is 10.3 Å². The molecular weight excluding hydrogens is 242 g/mol. The minimum absolute atomic E-state index is 0.180. The summed E-state index contributed by atoms with van der Waals surface area (Å²) in [5.74, 6) is 0.103. The van der Waals surface area contributed by atoms with Crippen LogP contribution in [0.2, 0.25) is 0 Å². The SMILES string of the molecule is C=CCc1cc(C)c2[nH]c(=O)ccc2c1OC(C)=O. The van der Waals surface area contributed by atoms with Gasteiger partial charge in [-0.25, -0.2) is 0 Å². The number of H-pyrrole nitrogens is 1. The highest BCUT2D eigenvalue weighted by atomic mass is 16.5. The number of aromatic amines is 1. The minimum Gasteiger partial charge on any atom is -0.426 e. The molecule has 19 heavy (non-hydrogen) atoms. The molecule has 0 spiro atoms. The molecular formula is C15H15NO3. The molecule has 0 amide bonds. The number of allylic oxidation sites excluding steroid dienone is 1. The number of hydrogen-bond donors (Lipinski definition) is 1. The lowest BCUT2D eigenvalue weighted by Crippen LogP contribution is -2.08. The summed E-state index contributed by atoms with van der Waals surface area (Å²) in [6.45, 7) is 6.96. The number of ether oxygens (including phenoxy) is 1. The Bertz CT molecular complexity index is 713. The van der Waals surface area contributed by atoms with Crippen LogP contribution in [0.15, 0.2) is 35.6 Å². The molecule has 1 aromatic heterocycles. The van der Waals surface area contributed by atoms with Gasteiger partial charge >= 0.3 is 5.97 Å². The lowest BCUT2D eigenvalue weighted by Gasteiger charge is -2.13. The summed E-state index contributed by atoms with van der Waals surface area (Å²) in [6.07, 6.45) is 2.35. The molecule has 0 aliphatic heterocycles. The number of benzene rings is 1. The smallest absolute Gasteiger partial charge is 0.308 e. The zero-order valence-electron chi connectivity index (χ0n) is 10.9. The van der Waals surface area contributed by atoms with Crippen molar-refractivity contribution < 1.29 is 9.53 Å². The predicted molar refractivity (Wildman–Crippen MR) is 74.5 cm³/mol. The second-order valence-electron chi connectivity index (χ2n) is 4.38. The number of fused-ring (bicyclic) bond motifs is 1. The molecule has 0 bridgehead atoms. The van der Waals surface area contributed by atoms with Gasteiger partial charge in [0.05, 0.1) is 5.52 Å². The van der Waals surface area contributed by atoms with E-state index in [1.165, 1.54) is 13.0 Å². The summed E-state index contributed by atoms with van der Waals surface area (Å²) in [4.78, 5) is 25.4. The fraction of sp³-hybridized carbons (Fsp3) is 0.200. The molecule has 98 valence electrons. The lowest BCUT2D eigenvalue weighted by molar-refractivity contribution is -0.131. The van der Waals surface area contributed by atoms with Crippen molar-refractivity contribution in [2.45, 2.75) is 20.3 Å². The average molecular weight is 257 g/mol. The van der Waals surface area contributed by atoms with Crippen molar-refractivity contribution in [3.8, 4) is 5.75 Å². The second kappa shape index (κ2) is 5.10. The van der Waals surface area contributed by atoms with Gasteiger partial charge in [-0.2, -0.15) is 0 Å². The van der Waals surface area contributed by atoms with Crippen LogP contribution in [-0.2, 0) is 11.2 Å². The van der Waals surface area contributed by atoms with Crippen LogP contribution in [0.3, 0.4) is 0 Å². The third-order valence-corrected chi connectivity index (χ3v) is 2.85. The van der Waals surface area contributed by atoms with E-state index in [-0.39, 0.29) is 11.5 Å². The molecule has 1 N–H and O–H groups in total. The van der Waals surface area contributed by atoms with Gasteiger partial charge in [0.1, 0.15) is 5.75 Å². The fourth-order valence-corrected chi connectivity index (χ4v) is 2.12. The van der Waals surface area contributed by atoms with E-state index in [0.717, 1.165) is 16.5 Å². The summed E-state index contributed by atoms with van der Waals surface area (Å²) in [6, 6.07) is 5.00. The fourth-order valence-electron chi connectivity index (χ4n) is 2.12. The number of aryl methyl sites for hydroxylation is 1. The van der Waals surface area contributed by atoms with E-state index >= 15 is 0 Å². The van der Waals surface area contributed by atoms with Crippen LogP contribution in [0.1, 0.15) is 18.1 Å². The highest BCUT2D eigenvalue weighted by Gasteiger charge is 2.13. The number of aromatic nitrogens is 1. The first-order valence-electron chi connectivity index (χ1n) is 5.97. The number of rotatable bonds is 3. The van der Waals surface area contributed by atoms with Crippen molar-refractivity contribution in [3.05, 3.63) is 52.3 Å². The zero-order chi connectivity index (χ0) is 14.0. The van der Waals surface area contributed by atoms with Crippen LogP contribution in [-0.4, -0.2) is 11.0 Å². The monoisotopic (exact) mass is 257 g/mol. The number of esters is 1. The van der Waals surface area contributed by atoms with Gasteiger partial charge in [-0.05, 0) is 36.6 Å². The molecule has 0 fully saturated rings. The second-order valence-corrected chi connectivity index (χ2v) is 4.38. The van der Waals surface area contributed by atoms with E-state index in [1.807, 2.05) is 13.0 Å². The Morgan fingerprint density at radius 1 is 1.47 bits per heavy atom. The van der Waals surface area contributed by atoms with Crippen molar-refractivity contribution in [2.75, 3.05) is 0 Å². The Hall–Kier alpha value is -2.36. The molecule has 0 atom stereocenters. The summed E-state index contributed by atoms with van der Waals surface area (Å²) in [7, 11) is 0. The summed E-state index contributed by atoms with van der Waals surface area (Å²) >= 11 is 0. The maximum atomic E-state index is 11.4. The topological polar surface area (TPSA) is 59.2 Å². The number of nitrogens with one attached hydrogen (secondary N) is 1. The third kappa shape index (κ3) is 2.57. The molecule has 0 saturated carbocycles. The van der Waals surface area contributed by atoms with Crippen LogP contribution in [0.4, 0.5) is 0 Å². The molecule has 0 aliphatic rings. The number of hydrogen-bond acceptors (Lipinski definition) is 3. The Kier molecular flexibility index (Phi) is 3.51. The number of pyridine rings is 1. The molecule has 2 rings (SSSR count). The first kappa shape index (κ1) is 13.1. The van der Waals surface area contributed by atoms with E-state index in [0.29, 0.717) is 17.7 Å². The first-order chi connectivity index (χ1) is 9.02. The molecule has 1 heterocycles. The number of carbonyl (C=O) groups is 1. The lowest BCUT2D eigenvalue weighted by atomic mass is 10.0. The average Bonchev–Trinajstić information content (AvgIpc) is 2.34. The Morgan fingerprint density at radius 2 is 2.21 bits per heavy atom. The Balaban J connectivity index is 2.80. The highest BCUT2D eigenvalue weighted by Crippen LogP contribution is 2.31. The number of carbonyl (C=O) groups excluding carboxylic acids is 1. The van der Waals surface area contributed by atoms with Crippen molar-refractivity contribution >= 4 is 16.9 Å². The molecule has 0 saturated heterocycles. The van der Waals surface area contributed by atoms with E-state index in [9.17, 15) is 9.59 Å². The maximum Gasteiger partial charge on any atom is 0.308 e. The molecule has 0 unspecified atom stereocenters. The van der Waals surface area contributed by atoms with Crippen molar-refractivity contribution in [2.24, 2.45) is 0 Å². The van der Waals surface area contributed by atoms with Gasteiger partial charge in [-0.15, -0.1) is 6.58 Å². The summed E-state index contributed by atoms with van der Waals surface area (Å²) < 4.78 is 5.30. The quantitative estimate of drug-likeness (QED) is 0.522. The molecule has 4 heteroatoms. The van der Waals surface area contributed by atoms with Gasteiger partial charge in [-0.1, -0.05) is 6.08 Å². The molecule has 1 aromatic carbocycles.